The van der Waals surface area contributed by atoms with Gasteiger partial charge in [-0.3, -0.25) is 9.79 Å². The molecule has 0 spiro atoms. The van der Waals surface area contributed by atoms with Gasteiger partial charge in [-0.2, -0.15) is 0 Å². The van der Waals surface area contributed by atoms with E-state index in [1.54, 1.807) is 0 Å². The average molecular weight is 329 g/mol. The molecule has 130 valence electrons. The van der Waals surface area contributed by atoms with Crippen molar-refractivity contribution >= 4 is 11.9 Å². The van der Waals surface area contributed by atoms with E-state index in [4.69, 9.17) is 4.74 Å². The Bertz CT molecular complexity index is 588. The second-order valence-electron chi connectivity index (χ2n) is 6.83. The van der Waals surface area contributed by atoms with Gasteiger partial charge in [-0.25, -0.2) is 0 Å². The summed E-state index contributed by atoms with van der Waals surface area (Å²) in [6.07, 6.45) is 4.12. The first kappa shape index (κ1) is 16.8. The van der Waals surface area contributed by atoms with Gasteiger partial charge in [-0.15, -0.1) is 0 Å². The maximum atomic E-state index is 11.6. The molecule has 0 atom stereocenters. The number of guanidine groups is 1. The minimum Gasteiger partial charge on any atom is -0.469 e. The number of piperidine rings is 1. The Morgan fingerprint density at radius 1 is 1.29 bits per heavy atom. The minimum absolute atomic E-state index is 0.0310. The molecule has 1 heterocycles. The molecule has 2 fully saturated rings. The van der Waals surface area contributed by atoms with E-state index in [0.717, 1.165) is 38.4 Å². The molecule has 0 bridgehead atoms. The van der Waals surface area contributed by atoms with Gasteiger partial charge < -0.3 is 15.0 Å². The summed E-state index contributed by atoms with van der Waals surface area (Å²) in [7, 11) is 3.30. The number of carbonyl (C=O) groups is 1. The first-order chi connectivity index (χ1) is 11.7. The van der Waals surface area contributed by atoms with Crippen LogP contribution in [0.2, 0.25) is 0 Å². The number of nitrogens with one attached hydrogen (secondary N) is 1. The summed E-state index contributed by atoms with van der Waals surface area (Å²) in [6, 6.07) is 10.7. The number of methoxy groups -OCH3 is 1. The number of aliphatic imine (C=N–C) groups is 1. The Labute approximate surface area is 144 Å². The topological polar surface area (TPSA) is 53.9 Å². The highest BCUT2D eigenvalue weighted by molar-refractivity contribution is 5.80. The van der Waals surface area contributed by atoms with Crippen molar-refractivity contribution in [3.05, 3.63) is 35.9 Å². The number of carbonyl (C=O) groups excluding carboxylic acids is 1. The molecule has 5 nitrogen and oxygen atoms in total. The molecule has 3 rings (SSSR count). The van der Waals surface area contributed by atoms with Crippen molar-refractivity contribution in [2.45, 2.75) is 31.1 Å². The van der Waals surface area contributed by atoms with Crippen molar-refractivity contribution in [1.29, 1.82) is 0 Å². The summed E-state index contributed by atoms with van der Waals surface area (Å²) < 4.78 is 4.86. The van der Waals surface area contributed by atoms with Crippen molar-refractivity contribution in [1.82, 2.24) is 10.2 Å². The van der Waals surface area contributed by atoms with Gasteiger partial charge in [0.15, 0.2) is 5.96 Å². The Hall–Kier alpha value is -2.04. The van der Waals surface area contributed by atoms with E-state index < -0.39 is 0 Å². The van der Waals surface area contributed by atoms with E-state index >= 15 is 0 Å². The number of hydrogen-bond acceptors (Lipinski definition) is 3. The zero-order chi connectivity index (χ0) is 17.0. The van der Waals surface area contributed by atoms with Crippen LogP contribution in [-0.4, -0.2) is 50.6 Å². The Balaban J connectivity index is 1.54. The number of ether oxygens (including phenoxy) is 1. The van der Waals surface area contributed by atoms with Crippen LogP contribution < -0.4 is 5.32 Å². The number of likely N-dealkylation sites (tertiary alicyclic amines) is 1. The first-order valence-corrected chi connectivity index (χ1v) is 8.77. The molecule has 1 aliphatic carbocycles. The van der Waals surface area contributed by atoms with Crippen molar-refractivity contribution in [2.24, 2.45) is 10.9 Å². The molecule has 1 N–H and O–H groups in total. The van der Waals surface area contributed by atoms with Gasteiger partial charge in [-0.1, -0.05) is 30.3 Å². The molecule has 1 saturated carbocycles. The molecule has 1 aliphatic heterocycles. The summed E-state index contributed by atoms with van der Waals surface area (Å²) in [5.41, 5.74) is 1.68. The molecule has 0 radical (unpaired) electrons. The van der Waals surface area contributed by atoms with Crippen LogP contribution in [0.5, 0.6) is 0 Å². The summed E-state index contributed by atoms with van der Waals surface area (Å²) in [6.45, 7) is 2.61. The molecule has 0 unspecified atom stereocenters. The minimum atomic E-state index is -0.0846. The standard InChI is InChI=1S/C19H27N3O2/c1-20-18(22-12-8-15(9-13-22)17(23)24-2)21-14-19(10-11-19)16-6-4-3-5-7-16/h3-7,15H,8-14H2,1-2H3,(H,20,21). The summed E-state index contributed by atoms with van der Waals surface area (Å²) >= 11 is 0. The van der Waals surface area contributed by atoms with Crippen molar-refractivity contribution in [3.63, 3.8) is 0 Å². The highest BCUT2D eigenvalue weighted by Gasteiger charge is 2.44. The second kappa shape index (κ2) is 7.24. The van der Waals surface area contributed by atoms with E-state index in [0.29, 0.717) is 0 Å². The lowest BCUT2D eigenvalue weighted by Crippen LogP contribution is -2.48. The molecule has 1 aromatic carbocycles. The second-order valence-corrected chi connectivity index (χ2v) is 6.83. The predicted octanol–water partition coefficient (Wildman–Crippen LogP) is 2.18. The Kier molecular flexibility index (Phi) is 5.07. The van der Waals surface area contributed by atoms with Gasteiger partial charge in [0.2, 0.25) is 0 Å². The van der Waals surface area contributed by atoms with Crippen LogP contribution in [0.1, 0.15) is 31.2 Å². The average Bonchev–Trinajstić information content (AvgIpc) is 3.44. The molecule has 0 amide bonds. The lowest BCUT2D eigenvalue weighted by Gasteiger charge is -2.33. The van der Waals surface area contributed by atoms with Crippen LogP contribution in [-0.2, 0) is 14.9 Å². The van der Waals surface area contributed by atoms with Gasteiger partial charge in [0, 0.05) is 32.1 Å². The smallest absolute Gasteiger partial charge is 0.308 e. The third-order valence-corrected chi connectivity index (χ3v) is 5.37. The highest BCUT2D eigenvalue weighted by Crippen LogP contribution is 2.47. The van der Waals surface area contributed by atoms with Crippen molar-refractivity contribution in [3.8, 4) is 0 Å². The van der Waals surface area contributed by atoms with Gasteiger partial charge in [0.25, 0.3) is 0 Å². The SMILES string of the molecule is CN=C(NCC1(c2ccccc2)CC1)N1CCC(C(=O)OC)CC1. The molecule has 2 aliphatic rings. The van der Waals surface area contributed by atoms with Crippen LogP contribution in [0.15, 0.2) is 35.3 Å². The molecule has 0 aromatic heterocycles. The monoisotopic (exact) mass is 329 g/mol. The molecule has 1 aromatic rings. The number of rotatable bonds is 4. The zero-order valence-electron chi connectivity index (χ0n) is 14.6. The Morgan fingerprint density at radius 2 is 1.96 bits per heavy atom. The fraction of sp³-hybridized carbons (Fsp3) is 0.579. The van der Waals surface area contributed by atoms with Gasteiger partial charge >= 0.3 is 5.97 Å². The van der Waals surface area contributed by atoms with E-state index in [9.17, 15) is 4.79 Å². The largest absolute Gasteiger partial charge is 0.469 e. The lowest BCUT2D eigenvalue weighted by atomic mass is 9.96. The van der Waals surface area contributed by atoms with E-state index in [2.05, 4.69) is 45.5 Å². The maximum Gasteiger partial charge on any atom is 0.308 e. The van der Waals surface area contributed by atoms with Crippen LogP contribution in [0.25, 0.3) is 0 Å². The van der Waals surface area contributed by atoms with Gasteiger partial charge in [-0.05, 0) is 31.2 Å². The van der Waals surface area contributed by atoms with Gasteiger partial charge in [0.1, 0.15) is 0 Å². The van der Waals surface area contributed by atoms with Crippen LogP contribution >= 0.6 is 0 Å². The fourth-order valence-corrected chi connectivity index (χ4v) is 3.58. The molecule has 1 saturated heterocycles. The van der Waals surface area contributed by atoms with Crippen LogP contribution in [0.3, 0.4) is 0 Å². The summed E-state index contributed by atoms with van der Waals surface area (Å²) in [5, 5.41) is 3.56. The van der Waals surface area contributed by atoms with Crippen molar-refractivity contribution < 1.29 is 9.53 Å². The van der Waals surface area contributed by atoms with Crippen molar-refractivity contribution in [2.75, 3.05) is 33.8 Å². The number of nitrogens with zero attached hydrogens (tertiary/aromatic N) is 2. The lowest BCUT2D eigenvalue weighted by molar-refractivity contribution is -0.146. The molecule has 24 heavy (non-hydrogen) atoms. The first-order valence-electron chi connectivity index (χ1n) is 8.77. The third-order valence-electron chi connectivity index (χ3n) is 5.37. The number of esters is 1. The number of hydrogen-bond donors (Lipinski definition) is 1. The summed E-state index contributed by atoms with van der Waals surface area (Å²) in [5.74, 6) is 0.891. The van der Waals surface area contributed by atoms with E-state index in [-0.39, 0.29) is 17.3 Å². The summed E-state index contributed by atoms with van der Waals surface area (Å²) in [4.78, 5) is 18.3. The highest BCUT2D eigenvalue weighted by atomic mass is 16.5. The number of benzene rings is 1. The van der Waals surface area contributed by atoms with Crippen LogP contribution in [0.4, 0.5) is 0 Å². The van der Waals surface area contributed by atoms with Gasteiger partial charge in [0.05, 0.1) is 13.0 Å². The maximum absolute atomic E-state index is 11.6. The zero-order valence-corrected chi connectivity index (χ0v) is 14.6. The fourth-order valence-electron chi connectivity index (χ4n) is 3.58. The third kappa shape index (κ3) is 3.55. The Morgan fingerprint density at radius 3 is 2.50 bits per heavy atom. The van der Waals surface area contributed by atoms with Crippen LogP contribution in [0, 0.1) is 5.92 Å². The quantitative estimate of drug-likeness (QED) is 0.523. The molecular formula is C19H27N3O2. The molecular weight excluding hydrogens is 302 g/mol. The van der Waals surface area contributed by atoms with E-state index in [1.807, 2.05) is 7.05 Å². The predicted molar refractivity (Wildman–Crippen MR) is 95.0 cm³/mol. The normalized spacial score (nSPS) is 20.6. The van der Waals surface area contributed by atoms with E-state index in [1.165, 1.54) is 25.5 Å². The molecule has 5 heteroatoms.